The Hall–Kier alpha value is -0.610. The van der Waals surface area contributed by atoms with Gasteiger partial charge in [-0.3, -0.25) is 4.79 Å². The van der Waals surface area contributed by atoms with Crippen molar-refractivity contribution >= 4 is 5.91 Å². The van der Waals surface area contributed by atoms with Gasteiger partial charge in [0.1, 0.15) is 0 Å². The Bertz CT molecular complexity index is 261. The topological polar surface area (TPSA) is 44.4 Å². The summed E-state index contributed by atoms with van der Waals surface area (Å²) in [5.74, 6) is 0.547. The van der Waals surface area contributed by atoms with E-state index in [9.17, 15) is 4.79 Å². The third-order valence-electron chi connectivity index (χ3n) is 4.24. The zero-order valence-electron chi connectivity index (χ0n) is 11.0. The summed E-state index contributed by atoms with van der Waals surface area (Å²) in [6, 6.07) is 1.01. The van der Waals surface area contributed by atoms with Crippen LogP contribution >= 0.6 is 0 Å². The van der Waals surface area contributed by atoms with Gasteiger partial charge in [0.2, 0.25) is 5.91 Å². The fraction of sp³-hybridized carbons (Fsp3) is 0.923. The Morgan fingerprint density at radius 2 is 1.82 bits per heavy atom. The van der Waals surface area contributed by atoms with Gasteiger partial charge < -0.3 is 15.5 Å². The Morgan fingerprint density at radius 1 is 1.12 bits per heavy atom. The number of nitrogens with one attached hydrogen (secondary N) is 2. The van der Waals surface area contributed by atoms with Crippen LogP contribution in [0.2, 0.25) is 0 Å². The van der Waals surface area contributed by atoms with E-state index in [0.717, 1.165) is 45.2 Å². The molecule has 2 fully saturated rings. The van der Waals surface area contributed by atoms with E-state index in [-0.39, 0.29) is 5.92 Å². The Kier molecular flexibility index (Phi) is 4.40. The lowest BCUT2D eigenvalue weighted by Gasteiger charge is -2.28. The summed E-state index contributed by atoms with van der Waals surface area (Å²) >= 11 is 0. The van der Waals surface area contributed by atoms with Crippen molar-refractivity contribution in [2.75, 3.05) is 27.2 Å². The second kappa shape index (κ2) is 5.83. The maximum Gasteiger partial charge on any atom is 0.223 e. The van der Waals surface area contributed by atoms with Crippen LogP contribution in [0.3, 0.4) is 0 Å². The van der Waals surface area contributed by atoms with E-state index in [1.54, 1.807) is 0 Å². The second-order valence-electron chi connectivity index (χ2n) is 5.59. The molecule has 0 aromatic heterocycles. The van der Waals surface area contributed by atoms with Crippen LogP contribution in [-0.4, -0.2) is 50.1 Å². The minimum Gasteiger partial charge on any atom is -0.352 e. The van der Waals surface area contributed by atoms with Gasteiger partial charge in [-0.1, -0.05) is 0 Å². The highest BCUT2D eigenvalue weighted by Gasteiger charge is 2.28. The monoisotopic (exact) mass is 239 g/mol. The highest BCUT2D eigenvalue weighted by molar-refractivity contribution is 5.79. The van der Waals surface area contributed by atoms with Crippen molar-refractivity contribution in [3.8, 4) is 0 Å². The maximum absolute atomic E-state index is 12.1. The number of nitrogens with zero attached hydrogens (tertiary/aromatic N) is 1. The molecule has 17 heavy (non-hydrogen) atoms. The molecular formula is C13H25N3O. The standard InChI is InChI=1S/C13H25N3O/c1-14-11-5-3-10(4-6-11)13(17)15-12-7-8-16(2)9-12/h10-12,14H,3-9H2,1-2H3,(H,15,17). The predicted molar refractivity (Wildman–Crippen MR) is 68.9 cm³/mol. The molecule has 1 heterocycles. The molecule has 2 aliphatic rings. The fourth-order valence-electron chi connectivity index (χ4n) is 3.02. The van der Waals surface area contributed by atoms with E-state index in [4.69, 9.17) is 0 Å². The van der Waals surface area contributed by atoms with Gasteiger partial charge in [0.25, 0.3) is 0 Å². The molecule has 0 bridgehead atoms. The lowest BCUT2D eigenvalue weighted by atomic mass is 9.85. The van der Waals surface area contributed by atoms with Crippen LogP contribution in [0.5, 0.6) is 0 Å². The molecule has 1 aliphatic carbocycles. The van der Waals surface area contributed by atoms with Gasteiger partial charge >= 0.3 is 0 Å². The summed E-state index contributed by atoms with van der Waals surface area (Å²) in [5, 5.41) is 6.51. The summed E-state index contributed by atoms with van der Waals surface area (Å²) < 4.78 is 0. The van der Waals surface area contributed by atoms with Crippen LogP contribution in [-0.2, 0) is 4.79 Å². The fourth-order valence-corrected chi connectivity index (χ4v) is 3.02. The van der Waals surface area contributed by atoms with Crippen molar-refractivity contribution in [1.82, 2.24) is 15.5 Å². The first-order valence-corrected chi connectivity index (χ1v) is 6.85. The number of carbonyl (C=O) groups excluding carboxylic acids is 1. The van der Waals surface area contributed by atoms with Crippen molar-refractivity contribution in [3.05, 3.63) is 0 Å². The third-order valence-corrected chi connectivity index (χ3v) is 4.24. The van der Waals surface area contributed by atoms with Crippen molar-refractivity contribution in [2.24, 2.45) is 5.92 Å². The first kappa shape index (κ1) is 12.8. The summed E-state index contributed by atoms with van der Waals surface area (Å²) in [6.45, 7) is 2.12. The molecule has 4 nitrogen and oxygen atoms in total. The molecule has 2 rings (SSSR count). The number of likely N-dealkylation sites (N-methyl/N-ethyl adjacent to an activating group) is 1. The smallest absolute Gasteiger partial charge is 0.223 e. The maximum atomic E-state index is 12.1. The Morgan fingerprint density at radius 3 is 2.35 bits per heavy atom. The van der Waals surface area contributed by atoms with Crippen molar-refractivity contribution in [1.29, 1.82) is 0 Å². The first-order valence-electron chi connectivity index (χ1n) is 6.85. The van der Waals surface area contributed by atoms with Crippen LogP contribution in [0, 0.1) is 5.92 Å². The van der Waals surface area contributed by atoms with Gasteiger partial charge in [0.05, 0.1) is 0 Å². The molecule has 0 aromatic rings. The average molecular weight is 239 g/mol. The van der Waals surface area contributed by atoms with Crippen molar-refractivity contribution in [2.45, 2.75) is 44.2 Å². The van der Waals surface area contributed by atoms with Gasteiger partial charge in [-0.15, -0.1) is 0 Å². The van der Waals surface area contributed by atoms with Gasteiger partial charge in [0.15, 0.2) is 0 Å². The molecule has 98 valence electrons. The number of hydrogen-bond acceptors (Lipinski definition) is 3. The molecule has 1 aliphatic heterocycles. The van der Waals surface area contributed by atoms with E-state index in [2.05, 4.69) is 22.6 Å². The molecule has 1 saturated heterocycles. The Labute approximate surface area is 104 Å². The van der Waals surface area contributed by atoms with E-state index in [0.29, 0.717) is 18.0 Å². The average Bonchev–Trinajstić information content (AvgIpc) is 2.75. The molecule has 0 aromatic carbocycles. The van der Waals surface area contributed by atoms with E-state index >= 15 is 0 Å². The number of likely N-dealkylation sites (tertiary alicyclic amines) is 1. The molecule has 1 unspecified atom stereocenters. The van der Waals surface area contributed by atoms with Crippen LogP contribution in [0.15, 0.2) is 0 Å². The molecule has 2 N–H and O–H groups in total. The van der Waals surface area contributed by atoms with Crippen LogP contribution in [0.25, 0.3) is 0 Å². The number of amides is 1. The van der Waals surface area contributed by atoms with E-state index < -0.39 is 0 Å². The molecule has 0 spiro atoms. The SMILES string of the molecule is CNC1CCC(C(=O)NC2CCN(C)C2)CC1. The first-order chi connectivity index (χ1) is 8.19. The predicted octanol–water partition coefficient (Wildman–Crippen LogP) is 0.585. The molecule has 4 heteroatoms. The molecule has 1 amide bonds. The molecule has 0 radical (unpaired) electrons. The molecule has 1 saturated carbocycles. The quantitative estimate of drug-likeness (QED) is 0.757. The van der Waals surface area contributed by atoms with Gasteiger partial charge in [-0.2, -0.15) is 0 Å². The summed E-state index contributed by atoms with van der Waals surface area (Å²) in [7, 11) is 4.13. The van der Waals surface area contributed by atoms with Gasteiger partial charge in [-0.25, -0.2) is 0 Å². The summed E-state index contributed by atoms with van der Waals surface area (Å²) in [5.41, 5.74) is 0. The minimum absolute atomic E-state index is 0.255. The Balaban J connectivity index is 1.73. The third kappa shape index (κ3) is 3.42. The number of rotatable bonds is 3. The zero-order valence-corrected chi connectivity index (χ0v) is 11.0. The van der Waals surface area contributed by atoms with Gasteiger partial charge in [0, 0.05) is 24.5 Å². The highest BCUT2D eigenvalue weighted by atomic mass is 16.1. The van der Waals surface area contributed by atoms with Gasteiger partial charge in [-0.05, 0) is 52.7 Å². The lowest BCUT2D eigenvalue weighted by Crippen LogP contribution is -2.42. The number of carbonyl (C=O) groups is 1. The summed E-state index contributed by atoms with van der Waals surface area (Å²) in [6.07, 6.45) is 5.46. The van der Waals surface area contributed by atoms with Crippen molar-refractivity contribution < 1.29 is 4.79 Å². The molecular weight excluding hydrogens is 214 g/mol. The zero-order chi connectivity index (χ0) is 12.3. The van der Waals surface area contributed by atoms with Crippen molar-refractivity contribution in [3.63, 3.8) is 0 Å². The van der Waals surface area contributed by atoms with Crippen LogP contribution in [0.4, 0.5) is 0 Å². The van der Waals surface area contributed by atoms with E-state index in [1.807, 2.05) is 7.05 Å². The minimum atomic E-state index is 0.255. The largest absolute Gasteiger partial charge is 0.352 e. The molecule has 1 atom stereocenters. The normalized spacial score (nSPS) is 34.8. The highest BCUT2D eigenvalue weighted by Crippen LogP contribution is 2.24. The number of hydrogen-bond donors (Lipinski definition) is 2. The lowest BCUT2D eigenvalue weighted by molar-refractivity contribution is -0.126. The summed E-state index contributed by atoms with van der Waals surface area (Å²) in [4.78, 5) is 14.4. The van der Waals surface area contributed by atoms with Crippen LogP contribution < -0.4 is 10.6 Å². The van der Waals surface area contributed by atoms with Crippen LogP contribution in [0.1, 0.15) is 32.1 Å². The van der Waals surface area contributed by atoms with E-state index in [1.165, 1.54) is 0 Å². The second-order valence-corrected chi connectivity index (χ2v) is 5.59.